The Labute approximate surface area is 121 Å². The van der Waals surface area contributed by atoms with Crippen LogP contribution in [-0.4, -0.2) is 21.8 Å². The van der Waals surface area contributed by atoms with Crippen molar-refractivity contribution < 1.29 is 14.4 Å². The number of rotatable bonds is 7. The van der Waals surface area contributed by atoms with Crippen LogP contribution in [0.4, 0.5) is 0 Å². The number of aromatic nitrogens is 1. The number of carboxylic acids is 1. The van der Waals surface area contributed by atoms with Gasteiger partial charge in [-0.2, -0.15) is 0 Å². The molecule has 2 aromatic rings. The molecule has 0 bridgehead atoms. The molecule has 0 amide bonds. The SMILES string of the molecule is CCCC(C)(NCc1cc(-c2cccs2)on1)C(=O)O. The van der Waals surface area contributed by atoms with E-state index in [0.717, 1.165) is 11.3 Å². The first-order valence-corrected chi connectivity index (χ1v) is 7.41. The van der Waals surface area contributed by atoms with Crippen molar-refractivity contribution in [1.82, 2.24) is 10.5 Å². The summed E-state index contributed by atoms with van der Waals surface area (Å²) in [7, 11) is 0. The number of hydrogen-bond donors (Lipinski definition) is 2. The highest BCUT2D eigenvalue weighted by Crippen LogP contribution is 2.25. The van der Waals surface area contributed by atoms with E-state index < -0.39 is 11.5 Å². The van der Waals surface area contributed by atoms with Crippen LogP contribution in [0.5, 0.6) is 0 Å². The van der Waals surface area contributed by atoms with E-state index in [-0.39, 0.29) is 0 Å². The first-order valence-electron chi connectivity index (χ1n) is 6.53. The smallest absolute Gasteiger partial charge is 0.323 e. The zero-order chi connectivity index (χ0) is 14.6. The second-order valence-corrected chi connectivity index (χ2v) is 5.85. The molecule has 6 heteroatoms. The second kappa shape index (κ2) is 6.19. The summed E-state index contributed by atoms with van der Waals surface area (Å²) in [5.74, 6) is -0.134. The van der Waals surface area contributed by atoms with Crippen molar-refractivity contribution in [3.63, 3.8) is 0 Å². The van der Waals surface area contributed by atoms with E-state index in [4.69, 9.17) is 4.52 Å². The summed E-state index contributed by atoms with van der Waals surface area (Å²) in [6, 6.07) is 5.75. The highest BCUT2D eigenvalue weighted by atomic mass is 32.1. The van der Waals surface area contributed by atoms with Crippen molar-refractivity contribution in [2.24, 2.45) is 0 Å². The molecule has 0 aliphatic rings. The summed E-state index contributed by atoms with van der Waals surface area (Å²) in [4.78, 5) is 12.3. The minimum atomic E-state index is -0.934. The Morgan fingerprint density at radius 1 is 1.60 bits per heavy atom. The number of nitrogens with one attached hydrogen (secondary N) is 1. The van der Waals surface area contributed by atoms with E-state index in [1.807, 2.05) is 30.5 Å². The van der Waals surface area contributed by atoms with E-state index >= 15 is 0 Å². The van der Waals surface area contributed by atoms with Gasteiger partial charge in [0.2, 0.25) is 0 Å². The van der Waals surface area contributed by atoms with Gasteiger partial charge in [-0.3, -0.25) is 10.1 Å². The summed E-state index contributed by atoms with van der Waals surface area (Å²) in [5.41, 5.74) is -0.228. The molecular weight excluding hydrogens is 276 g/mol. The van der Waals surface area contributed by atoms with Crippen LogP contribution >= 0.6 is 11.3 Å². The molecular formula is C14H18N2O3S. The molecule has 2 heterocycles. The summed E-state index contributed by atoms with van der Waals surface area (Å²) in [6.07, 6.45) is 1.37. The second-order valence-electron chi connectivity index (χ2n) is 4.90. The first-order chi connectivity index (χ1) is 9.55. The quantitative estimate of drug-likeness (QED) is 0.820. The standard InChI is InChI=1S/C14H18N2O3S/c1-3-6-14(2,13(17)18)15-9-10-8-11(19-16-10)12-5-4-7-20-12/h4-5,7-8,15H,3,6,9H2,1-2H3,(H,17,18). The lowest BCUT2D eigenvalue weighted by atomic mass is 9.96. The number of carbonyl (C=O) groups is 1. The van der Waals surface area contributed by atoms with Crippen LogP contribution in [-0.2, 0) is 11.3 Å². The minimum Gasteiger partial charge on any atom is -0.480 e. The van der Waals surface area contributed by atoms with Gasteiger partial charge in [-0.05, 0) is 24.8 Å². The topological polar surface area (TPSA) is 75.4 Å². The van der Waals surface area contributed by atoms with E-state index in [0.29, 0.717) is 24.4 Å². The maximum absolute atomic E-state index is 11.3. The van der Waals surface area contributed by atoms with Crippen LogP contribution in [0.2, 0.25) is 0 Å². The Bertz CT molecular complexity index is 565. The van der Waals surface area contributed by atoms with E-state index in [1.165, 1.54) is 0 Å². The number of aliphatic carboxylic acids is 1. The van der Waals surface area contributed by atoms with Crippen LogP contribution in [0.3, 0.4) is 0 Å². The van der Waals surface area contributed by atoms with Gasteiger partial charge in [0.15, 0.2) is 5.76 Å². The Balaban J connectivity index is 2.02. The average molecular weight is 294 g/mol. The molecule has 0 saturated carbocycles. The minimum absolute atomic E-state index is 0.373. The molecule has 108 valence electrons. The zero-order valence-corrected chi connectivity index (χ0v) is 12.4. The van der Waals surface area contributed by atoms with Crippen molar-refractivity contribution in [1.29, 1.82) is 0 Å². The molecule has 1 unspecified atom stereocenters. The largest absolute Gasteiger partial charge is 0.480 e. The van der Waals surface area contributed by atoms with Gasteiger partial charge in [0.05, 0.1) is 10.6 Å². The van der Waals surface area contributed by atoms with Crippen molar-refractivity contribution >= 4 is 17.3 Å². The summed E-state index contributed by atoms with van der Waals surface area (Å²) < 4.78 is 5.27. The van der Waals surface area contributed by atoms with Gasteiger partial charge in [0, 0.05) is 12.6 Å². The van der Waals surface area contributed by atoms with Crippen LogP contribution in [0.25, 0.3) is 10.6 Å². The fraction of sp³-hybridized carbons (Fsp3) is 0.429. The van der Waals surface area contributed by atoms with Gasteiger partial charge >= 0.3 is 5.97 Å². The van der Waals surface area contributed by atoms with E-state index in [2.05, 4.69) is 10.5 Å². The third-order valence-electron chi connectivity index (χ3n) is 3.20. The molecule has 0 aliphatic heterocycles. The van der Waals surface area contributed by atoms with Crippen molar-refractivity contribution in [2.75, 3.05) is 0 Å². The third kappa shape index (κ3) is 3.26. The molecule has 0 aromatic carbocycles. The molecule has 0 fully saturated rings. The molecule has 0 aliphatic carbocycles. The monoisotopic (exact) mass is 294 g/mol. The molecule has 0 radical (unpaired) electrons. The van der Waals surface area contributed by atoms with Crippen molar-refractivity contribution in [3.8, 4) is 10.6 Å². The maximum atomic E-state index is 11.3. The first kappa shape index (κ1) is 14.7. The Hall–Kier alpha value is -1.66. The Kier molecular flexibility index (Phi) is 4.57. The van der Waals surface area contributed by atoms with E-state index in [1.54, 1.807) is 18.3 Å². The van der Waals surface area contributed by atoms with Crippen LogP contribution in [0.15, 0.2) is 28.1 Å². The third-order valence-corrected chi connectivity index (χ3v) is 4.09. The Morgan fingerprint density at radius 3 is 3.00 bits per heavy atom. The highest BCUT2D eigenvalue weighted by Gasteiger charge is 2.31. The van der Waals surface area contributed by atoms with Crippen molar-refractivity contribution in [3.05, 3.63) is 29.3 Å². The normalized spacial score (nSPS) is 14.1. The maximum Gasteiger partial charge on any atom is 0.323 e. The van der Waals surface area contributed by atoms with Gasteiger partial charge in [-0.1, -0.05) is 24.6 Å². The van der Waals surface area contributed by atoms with E-state index in [9.17, 15) is 9.90 Å². The molecule has 0 saturated heterocycles. The Morgan fingerprint density at radius 2 is 2.40 bits per heavy atom. The highest BCUT2D eigenvalue weighted by molar-refractivity contribution is 7.13. The molecule has 2 N–H and O–H groups in total. The number of thiophene rings is 1. The molecule has 0 spiro atoms. The van der Waals surface area contributed by atoms with Crippen LogP contribution < -0.4 is 5.32 Å². The summed E-state index contributed by atoms with van der Waals surface area (Å²) in [6.45, 7) is 4.03. The van der Waals surface area contributed by atoms with Gasteiger partial charge in [-0.25, -0.2) is 0 Å². The average Bonchev–Trinajstić information content (AvgIpc) is 3.07. The van der Waals surface area contributed by atoms with Gasteiger partial charge < -0.3 is 9.63 Å². The van der Waals surface area contributed by atoms with Crippen LogP contribution in [0, 0.1) is 0 Å². The zero-order valence-electron chi connectivity index (χ0n) is 11.5. The lowest BCUT2D eigenvalue weighted by Gasteiger charge is -2.25. The summed E-state index contributed by atoms with van der Waals surface area (Å²) in [5, 5.41) is 18.3. The number of hydrogen-bond acceptors (Lipinski definition) is 5. The molecule has 5 nitrogen and oxygen atoms in total. The summed E-state index contributed by atoms with van der Waals surface area (Å²) >= 11 is 1.58. The molecule has 2 rings (SSSR count). The molecule has 2 aromatic heterocycles. The predicted molar refractivity (Wildman–Crippen MR) is 77.6 cm³/mol. The van der Waals surface area contributed by atoms with Crippen LogP contribution in [0.1, 0.15) is 32.4 Å². The fourth-order valence-electron chi connectivity index (χ4n) is 1.99. The lowest BCUT2D eigenvalue weighted by molar-refractivity contribution is -0.144. The van der Waals surface area contributed by atoms with Gasteiger partial charge in [0.25, 0.3) is 0 Å². The molecule has 1 atom stereocenters. The fourth-order valence-corrected chi connectivity index (χ4v) is 2.66. The van der Waals surface area contributed by atoms with Gasteiger partial charge in [-0.15, -0.1) is 11.3 Å². The van der Waals surface area contributed by atoms with Crippen molar-refractivity contribution in [2.45, 2.75) is 38.8 Å². The number of nitrogens with zero attached hydrogens (tertiary/aromatic N) is 1. The van der Waals surface area contributed by atoms with Gasteiger partial charge in [0.1, 0.15) is 5.54 Å². The predicted octanol–water partition coefficient (Wildman–Crippen LogP) is 3.14. The lowest BCUT2D eigenvalue weighted by Crippen LogP contribution is -2.48. The molecule has 20 heavy (non-hydrogen) atoms. The number of carboxylic acid groups (broad SMARTS) is 1.